The molecule has 4 heteroatoms. The van der Waals surface area contributed by atoms with Gasteiger partial charge in [-0.15, -0.1) is 0 Å². The lowest BCUT2D eigenvalue weighted by Crippen LogP contribution is -2.26. The standard InChI is InChI=1S/C14H18N2O2/c15-10-5-3-4-9-8-16(14(18)13(9)10)11-6-1-2-7-12(11)17/h3-5,8,11-12,17-18H,1-2,6-7,15H2/t11-,12-/m0/s1. The zero-order chi connectivity index (χ0) is 12.7. The van der Waals surface area contributed by atoms with Gasteiger partial charge >= 0.3 is 0 Å². The van der Waals surface area contributed by atoms with E-state index < -0.39 is 0 Å². The topological polar surface area (TPSA) is 71.4 Å². The average Bonchev–Trinajstić information content (AvgIpc) is 2.69. The summed E-state index contributed by atoms with van der Waals surface area (Å²) in [4.78, 5) is 0. The van der Waals surface area contributed by atoms with Crippen LogP contribution in [0.1, 0.15) is 31.7 Å². The molecular weight excluding hydrogens is 228 g/mol. The summed E-state index contributed by atoms with van der Waals surface area (Å²) in [6.07, 6.45) is 5.35. The zero-order valence-corrected chi connectivity index (χ0v) is 10.2. The Morgan fingerprint density at radius 3 is 2.72 bits per heavy atom. The molecular formula is C14H18N2O2. The molecule has 18 heavy (non-hydrogen) atoms. The molecule has 1 saturated carbocycles. The molecule has 1 aromatic carbocycles. The van der Waals surface area contributed by atoms with Crippen LogP contribution in [0.25, 0.3) is 10.8 Å². The molecule has 4 N–H and O–H groups in total. The summed E-state index contributed by atoms with van der Waals surface area (Å²) in [5, 5.41) is 22.0. The molecule has 0 bridgehead atoms. The predicted molar refractivity (Wildman–Crippen MR) is 71.5 cm³/mol. The molecule has 0 amide bonds. The summed E-state index contributed by atoms with van der Waals surface area (Å²) in [5.74, 6) is 0.175. The second kappa shape index (κ2) is 4.21. The van der Waals surface area contributed by atoms with Gasteiger partial charge in [0, 0.05) is 17.3 Å². The van der Waals surface area contributed by atoms with Crippen molar-refractivity contribution in [3.63, 3.8) is 0 Å². The minimum atomic E-state index is -0.382. The van der Waals surface area contributed by atoms with Crippen molar-refractivity contribution in [3.05, 3.63) is 24.4 Å². The van der Waals surface area contributed by atoms with Crippen LogP contribution >= 0.6 is 0 Å². The lowest BCUT2D eigenvalue weighted by atomic mass is 9.92. The smallest absolute Gasteiger partial charge is 0.201 e. The molecule has 2 atom stereocenters. The van der Waals surface area contributed by atoms with E-state index in [1.54, 1.807) is 10.6 Å². The van der Waals surface area contributed by atoms with Gasteiger partial charge in [-0.2, -0.15) is 0 Å². The largest absolute Gasteiger partial charge is 0.494 e. The SMILES string of the molecule is Nc1cccc2cn([C@H]3CCCC[C@@H]3O)c(O)c12. The number of nitrogen functional groups attached to an aromatic ring is 1. The van der Waals surface area contributed by atoms with Gasteiger partial charge in [0.1, 0.15) is 0 Å². The molecule has 0 saturated heterocycles. The normalized spacial score (nSPS) is 24.5. The Kier molecular flexibility index (Phi) is 2.67. The van der Waals surface area contributed by atoms with Gasteiger partial charge in [-0.25, -0.2) is 0 Å². The molecule has 0 spiro atoms. The fourth-order valence-electron chi connectivity index (χ4n) is 2.96. The molecule has 1 heterocycles. The lowest BCUT2D eigenvalue weighted by Gasteiger charge is -2.29. The highest BCUT2D eigenvalue weighted by Crippen LogP contribution is 2.38. The van der Waals surface area contributed by atoms with E-state index in [4.69, 9.17) is 5.73 Å². The number of benzene rings is 1. The van der Waals surface area contributed by atoms with Crippen molar-refractivity contribution in [1.29, 1.82) is 0 Å². The number of nitrogens with two attached hydrogens (primary N) is 1. The molecule has 0 aliphatic heterocycles. The van der Waals surface area contributed by atoms with Crippen LogP contribution in [0.4, 0.5) is 5.69 Å². The van der Waals surface area contributed by atoms with E-state index in [0.717, 1.165) is 31.1 Å². The van der Waals surface area contributed by atoms with Crippen molar-refractivity contribution in [3.8, 4) is 5.88 Å². The Hall–Kier alpha value is -1.68. The first-order chi connectivity index (χ1) is 8.68. The Bertz CT molecular complexity index is 576. The van der Waals surface area contributed by atoms with Gasteiger partial charge in [0.05, 0.1) is 17.5 Å². The summed E-state index contributed by atoms with van der Waals surface area (Å²) < 4.78 is 1.78. The molecule has 96 valence electrons. The number of aromatic hydroxyl groups is 1. The zero-order valence-electron chi connectivity index (χ0n) is 10.2. The van der Waals surface area contributed by atoms with E-state index in [0.29, 0.717) is 11.1 Å². The van der Waals surface area contributed by atoms with Crippen molar-refractivity contribution >= 4 is 16.5 Å². The third kappa shape index (κ3) is 1.64. The van der Waals surface area contributed by atoms with Crippen LogP contribution in [0.2, 0.25) is 0 Å². The number of aliphatic hydroxyl groups is 1. The second-order valence-corrected chi connectivity index (χ2v) is 5.09. The molecule has 2 aromatic rings. The minimum absolute atomic E-state index is 0.0365. The highest BCUT2D eigenvalue weighted by atomic mass is 16.3. The van der Waals surface area contributed by atoms with Gasteiger partial charge in [0.25, 0.3) is 0 Å². The third-order valence-corrected chi connectivity index (χ3v) is 3.93. The van der Waals surface area contributed by atoms with E-state index in [9.17, 15) is 10.2 Å². The molecule has 0 radical (unpaired) electrons. The van der Waals surface area contributed by atoms with Gasteiger partial charge in [-0.1, -0.05) is 25.0 Å². The van der Waals surface area contributed by atoms with Crippen LogP contribution in [0.15, 0.2) is 24.4 Å². The van der Waals surface area contributed by atoms with Gasteiger partial charge in [0.2, 0.25) is 5.88 Å². The summed E-state index contributed by atoms with van der Waals surface area (Å²) in [5.41, 5.74) is 6.48. The number of hydrogen-bond acceptors (Lipinski definition) is 3. The van der Waals surface area contributed by atoms with Crippen LogP contribution < -0.4 is 5.73 Å². The van der Waals surface area contributed by atoms with Crippen molar-refractivity contribution in [2.24, 2.45) is 0 Å². The van der Waals surface area contributed by atoms with E-state index in [2.05, 4.69) is 0 Å². The van der Waals surface area contributed by atoms with Crippen LogP contribution in [-0.4, -0.2) is 20.9 Å². The van der Waals surface area contributed by atoms with Gasteiger partial charge in [0.15, 0.2) is 0 Å². The predicted octanol–water partition coefficient (Wildman–Crippen LogP) is 2.41. The first kappa shape index (κ1) is 11.4. The van der Waals surface area contributed by atoms with E-state index in [1.165, 1.54) is 0 Å². The maximum atomic E-state index is 10.3. The van der Waals surface area contributed by atoms with Crippen LogP contribution in [0, 0.1) is 0 Å². The first-order valence-corrected chi connectivity index (χ1v) is 6.44. The lowest BCUT2D eigenvalue weighted by molar-refractivity contribution is 0.0721. The van der Waals surface area contributed by atoms with Crippen molar-refractivity contribution in [2.45, 2.75) is 37.8 Å². The molecule has 1 fully saturated rings. The van der Waals surface area contributed by atoms with E-state index in [-0.39, 0.29) is 18.0 Å². The highest BCUT2D eigenvalue weighted by molar-refractivity contribution is 5.97. The summed E-state index contributed by atoms with van der Waals surface area (Å²) >= 11 is 0. The Morgan fingerprint density at radius 1 is 1.22 bits per heavy atom. The second-order valence-electron chi connectivity index (χ2n) is 5.09. The Morgan fingerprint density at radius 2 is 2.00 bits per heavy atom. The van der Waals surface area contributed by atoms with E-state index in [1.807, 2.05) is 18.3 Å². The number of aromatic nitrogens is 1. The fourth-order valence-corrected chi connectivity index (χ4v) is 2.96. The summed E-state index contributed by atoms with van der Waals surface area (Å²) in [7, 11) is 0. The average molecular weight is 246 g/mol. The van der Waals surface area contributed by atoms with Crippen LogP contribution in [-0.2, 0) is 0 Å². The molecule has 0 unspecified atom stereocenters. The van der Waals surface area contributed by atoms with Crippen molar-refractivity contribution in [1.82, 2.24) is 4.57 Å². The molecule has 4 nitrogen and oxygen atoms in total. The van der Waals surface area contributed by atoms with E-state index >= 15 is 0 Å². The van der Waals surface area contributed by atoms with Crippen LogP contribution in [0.5, 0.6) is 5.88 Å². The van der Waals surface area contributed by atoms with Gasteiger partial charge < -0.3 is 20.5 Å². The van der Waals surface area contributed by atoms with Crippen LogP contribution in [0.3, 0.4) is 0 Å². The summed E-state index contributed by atoms with van der Waals surface area (Å²) in [6.45, 7) is 0. The number of rotatable bonds is 1. The summed E-state index contributed by atoms with van der Waals surface area (Å²) in [6, 6.07) is 5.55. The van der Waals surface area contributed by atoms with Gasteiger partial charge in [-0.05, 0) is 18.9 Å². The molecule has 1 aliphatic rings. The number of aliphatic hydroxyl groups excluding tert-OH is 1. The quantitative estimate of drug-likeness (QED) is 0.677. The third-order valence-electron chi connectivity index (χ3n) is 3.93. The Balaban J connectivity index is 2.12. The maximum absolute atomic E-state index is 10.3. The monoisotopic (exact) mass is 246 g/mol. The molecule has 1 aromatic heterocycles. The molecule has 3 rings (SSSR count). The first-order valence-electron chi connectivity index (χ1n) is 6.44. The Labute approximate surface area is 106 Å². The fraction of sp³-hybridized carbons (Fsp3) is 0.429. The maximum Gasteiger partial charge on any atom is 0.201 e. The van der Waals surface area contributed by atoms with Gasteiger partial charge in [-0.3, -0.25) is 0 Å². The number of hydrogen-bond donors (Lipinski definition) is 3. The van der Waals surface area contributed by atoms with Crippen molar-refractivity contribution in [2.75, 3.05) is 5.73 Å². The highest BCUT2D eigenvalue weighted by Gasteiger charge is 2.27. The minimum Gasteiger partial charge on any atom is -0.494 e. The number of fused-ring (bicyclic) bond motifs is 1. The molecule has 1 aliphatic carbocycles. The van der Waals surface area contributed by atoms with Crippen molar-refractivity contribution < 1.29 is 10.2 Å². The number of nitrogens with zero attached hydrogens (tertiary/aromatic N) is 1. The number of anilines is 1.